The first-order valence-corrected chi connectivity index (χ1v) is 6.50. The second-order valence-corrected chi connectivity index (χ2v) is 4.78. The summed E-state index contributed by atoms with van der Waals surface area (Å²) in [7, 11) is 0. The molecule has 0 saturated carbocycles. The van der Waals surface area contributed by atoms with Gasteiger partial charge >= 0.3 is 0 Å². The number of anilines is 1. The summed E-state index contributed by atoms with van der Waals surface area (Å²) in [5, 5.41) is 4.21. The number of thiophene rings is 1. The molecule has 0 aliphatic rings. The Balaban J connectivity index is 1.99. The van der Waals surface area contributed by atoms with Gasteiger partial charge in [0.1, 0.15) is 0 Å². The lowest BCUT2D eigenvalue weighted by molar-refractivity contribution is 0.807. The van der Waals surface area contributed by atoms with Crippen LogP contribution in [0.3, 0.4) is 0 Å². The molecule has 3 aromatic rings. The van der Waals surface area contributed by atoms with E-state index in [1.54, 1.807) is 29.8 Å². The highest BCUT2D eigenvalue weighted by molar-refractivity contribution is 7.07. The SMILES string of the molecule is Nc1ccncc1-c1cncn1Cc1ccsc1. The average Bonchev–Trinajstić information content (AvgIpc) is 3.02. The van der Waals surface area contributed by atoms with Crippen LogP contribution in [0.1, 0.15) is 5.56 Å². The largest absolute Gasteiger partial charge is 0.398 e. The lowest BCUT2D eigenvalue weighted by Gasteiger charge is -2.08. The zero-order chi connectivity index (χ0) is 12.4. The Morgan fingerprint density at radius 1 is 1.22 bits per heavy atom. The molecule has 0 unspecified atom stereocenters. The third-order valence-corrected chi connectivity index (χ3v) is 3.51. The highest BCUT2D eigenvalue weighted by atomic mass is 32.1. The van der Waals surface area contributed by atoms with Crippen molar-refractivity contribution in [3.8, 4) is 11.3 Å². The third kappa shape index (κ3) is 2.00. The minimum absolute atomic E-state index is 0.720. The van der Waals surface area contributed by atoms with Crippen molar-refractivity contribution in [3.63, 3.8) is 0 Å². The van der Waals surface area contributed by atoms with E-state index < -0.39 is 0 Å². The van der Waals surface area contributed by atoms with Crippen LogP contribution in [0, 0.1) is 0 Å². The highest BCUT2D eigenvalue weighted by Gasteiger charge is 2.08. The number of hydrogen-bond acceptors (Lipinski definition) is 4. The van der Waals surface area contributed by atoms with Crippen LogP contribution in [-0.4, -0.2) is 14.5 Å². The van der Waals surface area contributed by atoms with E-state index in [1.807, 2.05) is 12.5 Å². The molecular weight excluding hydrogens is 244 g/mol. The summed E-state index contributed by atoms with van der Waals surface area (Å²) in [5.41, 5.74) is 9.87. The van der Waals surface area contributed by atoms with Gasteiger partial charge in [-0.15, -0.1) is 0 Å². The van der Waals surface area contributed by atoms with E-state index >= 15 is 0 Å². The molecule has 3 aromatic heterocycles. The lowest BCUT2D eigenvalue weighted by Crippen LogP contribution is -2.01. The van der Waals surface area contributed by atoms with Crippen LogP contribution >= 0.6 is 11.3 Å². The molecule has 0 spiro atoms. The molecule has 3 heterocycles. The van der Waals surface area contributed by atoms with E-state index in [1.165, 1.54) is 5.56 Å². The summed E-state index contributed by atoms with van der Waals surface area (Å²) in [6.07, 6.45) is 7.11. The molecule has 0 amide bonds. The minimum atomic E-state index is 0.720. The molecule has 0 aliphatic carbocycles. The molecule has 0 bridgehead atoms. The first-order chi connectivity index (χ1) is 8.84. The fraction of sp³-hybridized carbons (Fsp3) is 0.0769. The summed E-state index contributed by atoms with van der Waals surface area (Å²) in [6, 6.07) is 3.91. The molecule has 0 fully saturated rings. The van der Waals surface area contributed by atoms with E-state index in [4.69, 9.17) is 5.73 Å². The summed E-state index contributed by atoms with van der Waals surface area (Å²) in [5.74, 6) is 0. The van der Waals surface area contributed by atoms with Gasteiger partial charge in [-0.2, -0.15) is 11.3 Å². The van der Waals surface area contributed by atoms with Crippen molar-refractivity contribution >= 4 is 17.0 Å². The Morgan fingerprint density at radius 3 is 2.94 bits per heavy atom. The fourth-order valence-corrected chi connectivity index (χ4v) is 2.53. The molecular formula is C13H12N4S. The minimum Gasteiger partial charge on any atom is -0.398 e. The van der Waals surface area contributed by atoms with E-state index in [0.717, 1.165) is 23.5 Å². The van der Waals surface area contributed by atoms with E-state index in [0.29, 0.717) is 0 Å². The van der Waals surface area contributed by atoms with Crippen LogP contribution < -0.4 is 5.73 Å². The molecule has 3 rings (SSSR count). The van der Waals surface area contributed by atoms with Gasteiger partial charge in [0.05, 0.1) is 18.2 Å². The molecule has 0 radical (unpaired) electrons. The van der Waals surface area contributed by atoms with Gasteiger partial charge in [0.25, 0.3) is 0 Å². The second kappa shape index (κ2) is 4.62. The molecule has 4 nitrogen and oxygen atoms in total. The highest BCUT2D eigenvalue weighted by Crippen LogP contribution is 2.25. The molecule has 0 atom stereocenters. The van der Waals surface area contributed by atoms with Gasteiger partial charge in [0, 0.05) is 30.2 Å². The van der Waals surface area contributed by atoms with Gasteiger partial charge < -0.3 is 10.3 Å². The van der Waals surface area contributed by atoms with Crippen molar-refractivity contribution in [3.05, 3.63) is 53.4 Å². The van der Waals surface area contributed by atoms with Crippen molar-refractivity contribution in [1.82, 2.24) is 14.5 Å². The van der Waals surface area contributed by atoms with Crippen molar-refractivity contribution < 1.29 is 0 Å². The zero-order valence-electron chi connectivity index (χ0n) is 9.65. The number of rotatable bonds is 3. The van der Waals surface area contributed by atoms with Crippen molar-refractivity contribution in [2.45, 2.75) is 6.54 Å². The topological polar surface area (TPSA) is 56.7 Å². The number of nitrogens with two attached hydrogens (primary N) is 1. The average molecular weight is 256 g/mol. The summed E-state index contributed by atoms with van der Waals surface area (Å²) in [4.78, 5) is 8.32. The van der Waals surface area contributed by atoms with Gasteiger partial charge in [-0.3, -0.25) is 4.98 Å². The Kier molecular flexibility index (Phi) is 2.82. The molecule has 2 N–H and O–H groups in total. The number of aromatic nitrogens is 3. The number of imidazole rings is 1. The summed E-state index contributed by atoms with van der Waals surface area (Å²) < 4.78 is 2.08. The molecule has 0 aliphatic heterocycles. The van der Waals surface area contributed by atoms with Crippen LogP contribution in [0.5, 0.6) is 0 Å². The van der Waals surface area contributed by atoms with Crippen molar-refractivity contribution in [1.29, 1.82) is 0 Å². The standard InChI is InChI=1S/C13H12N4S/c14-12-1-3-15-5-11(12)13-6-16-9-17(13)7-10-2-4-18-8-10/h1-6,8-9H,7H2,(H2,14,15). The van der Waals surface area contributed by atoms with Crippen LogP contribution in [0.15, 0.2) is 47.8 Å². The number of hydrogen-bond donors (Lipinski definition) is 1. The molecule has 0 aromatic carbocycles. The normalized spacial score (nSPS) is 10.7. The van der Waals surface area contributed by atoms with Gasteiger partial charge in [-0.25, -0.2) is 4.98 Å². The number of pyridine rings is 1. The first-order valence-electron chi connectivity index (χ1n) is 5.55. The molecule has 0 saturated heterocycles. The lowest BCUT2D eigenvalue weighted by atomic mass is 10.2. The fourth-order valence-electron chi connectivity index (χ4n) is 1.87. The first kappa shape index (κ1) is 11.0. The van der Waals surface area contributed by atoms with Gasteiger partial charge in [0.15, 0.2) is 0 Å². The summed E-state index contributed by atoms with van der Waals surface area (Å²) >= 11 is 1.70. The second-order valence-electron chi connectivity index (χ2n) is 4.00. The zero-order valence-corrected chi connectivity index (χ0v) is 10.5. The Hall–Kier alpha value is -2.14. The Labute approximate surface area is 109 Å². The Bertz CT molecular complexity index is 643. The predicted molar refractivity (Wildman–Crippen MR) is 73.3 cm³/mol. The van der Waals surface area contributed by atoms with Crippen LogP contribution in [0.25, 0.3) is 11.3 Å². The van der Waals surface area contributed by atoms with Gasteiger partial charge in [-0.05, 0) is 28.5 Å². The maximum Gasteiger partial charge on any atom is 0.0954 e. The monoisotopic (exact) mass is 256 g/mol. The maximum absolute atomic E-state index is 5.97. The predicted octanol–water partition coefficient (Wildman–Crippen LogP) is 2.64. The van der Waals surface area contributed by atoms with E-state index in [-0.39, 0.29) is 0 Å². The van der Waals surface area contributed by atoms with Crippen LogP contribution in [0.4, 0.5) is 5.69 Å². The van der Waals surface area contributed by atoms with Crippen LogP contribution in [0.2, 0.25) is 0 Å². The van der Waals surface area contributed by atoms with E-state index in [2.05, 4.69) is 31.4 Å². The third-order valence-electron chi connectivity index (χ3n) is 2.78. The molecule has 18 heavy (non-hydrogen) atoms. The maximum atomic E-state index is 5.97. The summed E-state index contributed by atoms with van der Waals surface area (Å²) in [6.45, 7) is 0.799. The van der Waals surface area contributed by atoms with Crippen molar-refractivity contribution in [2.75, 3.05) is 5.73 Å². The van der Waals surface area contributed by atoms with Crippen LogP contribution in [-0.2, 0) is 6.54 Å². The molecule has 5 heteroatoms. The number of nitrogens with zero attached hydrogens (tertiary/aromatic N) is 3. The smallest absolute Gasteiger partial charge is 0.0954 e. The van der Waals surface area contributed by atoms with Gasteiger partial charge in [0.2, 0.25) is 0 Å². The van der Waals surface area contributed by atoms with Gasteiger partial charge in [-0.1, -0.05) is 0 Å². The van der Waals surface area contributed by atoms with E-state index in [9.17, 15) is 0 Å². The van der Waals surface area contributed by atoms with Crippen molar-refractivity contribution in [2.24, 2.45) is 0 Å². The quantitative estimate of drug-likeness (QED) is 0.783. The number of nitrogen functional groups attached to an aromatic ring is 1. The molecule has 90 valence electrons. The Morgan fingerprint density at radius 2 is 2.17 bits per heavy atom.